The van der Waals surface area contributed by atoms with Crippen LogP contribution < -0.4 is 5.73 Å². The lowest BCUT2D eigenvalue weighted by atomic mass is 10.2. The lowest BCUT2D eigenvalue weighted by Crippen LogP contribution is -2.23. The topological polar surface area (TPSA) is 61.6 Å². The van der Waals surface area contributed by atoms with Crippen LogP contribution >= 0.6 is 0 Å². The smallest absolute Gasteiger partial charge is 0.204 e. The molecule has 1 rings (SSSR count). The van der Waals surface area contributed by atoms with Crippen LogP contribution in [0.15, 0.2) is 0 Å². The number of carbonyl (C=O) groups excluding carboxylic acids is 1. The Balaban J connectivity index is 0.000000354. The average Bonchev–Trinajstić information content (AvgIpc) is 2.08. The van der Waals surface area contributed by atoms with E-state index < -0.39 is 0 Å². The molecule has 12 heavy (non-hydrogen) atoms. The summed E-state index contributed by atoms with van der Waals surface area (Å²) in [5, 5.41) is 0. The first-order chi connectivity index (χ1) is 5.85. The number of hydrogen-bond acceptors (Lipinski definition) is 3. The highest BCUT2D eigenvalue weighted by Crippen LogP contribution is 2.09. The molecule has 0 spiro atoms. The maximum absolute atomic E-state index is 8.58. The molecule has 0 atom stereocenters. The Hall–Kier alpha value is -0.610. The molecule has 1 aliphatic rings. The Kier molecular flexibility index (Phi) is 8.05. The minimum absolute atomic E-state index is 0.250. The molecule has 4 nitrogen and oxygen atoms in total. The van der Waals surface area contributed by atoms with Crippen LogP contribution in [0.2, 0.25) is 0 Å². The molecule has 1 amide bonds. The molecule has 0 unspecified atom stereocenters. The first-order valence-corrected chi connectivity index (χ1v) is 4.19. The van der Waals surface area contributed by atoms with Gasteiger partial charge in [-0.3, -0.25) is 4.79 Å². The summed E-state index contributed by atoms with van der Waals surface area (Å²) in [6.07, 6.45) is 2.88. The SMILES string of the molecule is CCOC1CCOCC1.NC=O. The number of hydrogen-bond donors (Lipinski definition) is 1. The molecule has 72 valence electrons. The summed E-state index contributed by atoms with van der Waals surface area (Å²) in [4.78, 5) is 8.58. The van der Waals surface area contributed by atoms with E-state index in [1.807, 2.05) is 6.92 Å². The van der Waals surface area contributed by atoms with Gasteiger partial charge in [-0.25, -0.2) is 0 Å². The molecule has 1 aliphatic heterocycles. The van der Waals surface area contributed by atoms with Crippen LogP contribution in [0.1, 0.15) is 19.8 Å². The lowest BCUT2D eigenvalue weighted by molar-refractivity contribution is -0.106. The fourth-order valence-corrected chi connectivity index (χ4v) is 1.08. The molecule has 1 heterocycles. The largest absolute Gasteiger partial charge is 0.381 e. The van der Waals surface area contributed by atoms with E-state index in [1.54, 1.807) is 0 Å². The van der Waals surface area contributed by atoms with Gasteiger partial charge in [0.1, 0.15) is 0 Å². The monoisotopic (exact) mass is 175 g/mol. The number of rotatable bonds is 2. The summed E-state index contributed by atoms with van der Waals surface area (Å²) < 4.78 is 10.6. The van der Waals surface area contributed by atoms with Crippen LogP contribution in [0.5, 0.6) is 0 Å². The first-order valence-electron chi connectivity index (χ1n) is 4.19. The van der Waals surface area contributed by atoms with Gasteiger partial charge in [0.05, 0.1) is 6.10 Å². The fourth-order valence-electron chi connectivity index (χ4n) is 1.08. The minimum Gasteiger partial charge on any atom is -0.381 e. The van der Waals surface area contributed by atoms with E-state index in [-0.39, 0.29) is 6.41 Å². The number of nitrogens with two attached hydrogens (primary N) is 1. The number of amides is 1. The molecule has 1 saturated heterocycles. The van der Waals surface area contributed by atoms with Crippen molar-refractivity contribution in [3.05, 3.63) is 0 Å². The first kappa shape index (κ1) is 11.4. The number of primary amides is 1. The molecule has 1 fully saturated rings. The van der Waals surface area contributed by atoms with E-state index >= 15 is 0 Å². The predicted octanol–water partition coefficient (Wildman–Crippen LogP) is 0.303. The van der Waals surface area contributed by atoms with Gasteiger partial charge in [0.15, 0.2) is 0 Å². The van der Waals surface area contributed by atoms with Crippen LogP contribution in [-0.4, -0.2) is 32.3 Å². The molecule has 0 aromatic carbocycles. The van der Waals surface area contributed by atoms with Gasteiger partial charge in [0.2, 0.25) is 6.41 Å². The molecule has 0 aromatic rings. The molecule has 0 radical (unpaired) electrons. The van der Waals surface area contributed by atoms with E-state index in [0.717, 1.165) is 32.7 Å². The van der Waals surface area contributed by atoms with Crippen molar-refractivity contribution >= 4 is 6.41 Å². The second kappa shape index (κ2) is 8.49. The van der Waals surface area contributed by atoms with Gasteiger partial charge in [-0.05, 0) is 19.8 Å². The van der Waals surface area contributed by atoms with E-state index in [2.05, 4.69) is 5.73 Å². The Bertz CT molecular complexity index is 99.7. The summed E-state index contributed by atoms with van der Waals surface area (Å²) in [5.41, 5.74) is 4.17. The highest BCUT2D eigenvalue weighted by molar-refractivity contribution is 5.42. The van der Waals surface area contributed by atoms with Crippen LogP contribution in [0.25, 0.3) is 0 Å². The molecule has 0 saturated carbocycles. The third-order valence-electron chi connectivity index (χ3n) is 1.57. The molecular weight excluding hydrogens is 158 g/mol. The van der Waals surface area contributed by atoms with Crippen molar-refractivity contribution in [2.24, 2.45) is 5.73 Å². The predicted molar refractivity (Wildman–Crippen MR) is 45.7 cm³/mol. The van der Waals surface area contributed by atoms with Gasteiger partial charge < -0.3 is 15.2 Å². The standard InChI is InChI=1S/C7H14O2.CH3NO/c1-2-9-7-3-5-8-6-4-7;2-1-3/h7H,2-6H2,1H3;1H,(H2,2,3). The third-order valence-corrected chi connectivity index (χ3v) is 1.57. The Morgan fingerprint density at radius 1 is 1.58 bits per heavy atom. The zero-order valence-corrected chi connectivity index (χ0v) is 7.49. The normalized spacial score (nSPS) is 17.8. The highest BCUT2D eigenvalue weighted by atomic mass is 16.5. The van der Waals surface area contributed by atoms with Crippen LogP contribution in [0.3, 0.4) is 0 Å². The maximum atomic E-state index is 8.58. The zero-order chi connectivity index (χ0) is 9.23. The van der Waals surface area contributed by atoms with Gasteiger partial charge in [0, 0.05) is 19.8 Å². The maximum Gasteiger partial charge on any atom is 0.204 e. The Morgan fingerprint density at radius 3 is 2.50 bits per heavy atom. The van der Waals surface area contributed by atoms with Gasteiger partial charge in [-0.2, -0.15) is 0 Å². The van der Waals surface area contributed by atoms with E-state index in [1.165, 1.54) is 0 Å². The summed E-state index contributed by atoms with van der Waals surface area (Å²) in [5.74, 6) is 0. The molecule has 2 N–H and O–H groups in total. The fraction of sp³-hybridized carbons (Fsp3) is 0.875. The Morgan fingerprint density at radius 2 is 2.08 bits per heavy atom. The van der Waals surface area contributed by atoms with Crippen molar-refractivity contribution in [3.8, 4) is 0 Å². The van der Waals surface area contributed by atoms with Crippen molar-refractivity contribution in [1.82, 2.24) is 0 Å². The van der Waals surface area contributed by atoms with Crippen molar-refractivity contribution in [3.63, 3.8) is 0 Å². The summed E-state index contributed by atoms with van der Waals surface area (Å²) in [6.45, 7) is 4.63. The lowest BCUT2D eigenvalue weighted by Gasteiger charge is -2.21. The van der Waals surface area contributed by atoms with Crippen molar-refractivity contribution in [2.75, 3.05) is 19.8 Å². The molecule has 4 heteroatoms. The second-order valence-corrected chi connectivity index (χ2v) is 2.40. The number of ether oxygens (including phenoxy) is 2. The van der Waals surface area contributed by atoms with Crippen LogP contribution in [0.4, 0.5) is 0 Å². The quantitative estimate of drug-likeness (QED) is 0.614. The zero-order valence-electron chi connectivity index (χ0n) is 7.49. The van der Waals surface area contributed by atoms with Crippen molar-refractivity contribution < 1.29 is 14.3 Å². The Labute approximate surface area is 73.0 Å². The molecule has 0 aromatic heterocycles. The third kappa shape index (κ3) is 6.12. The number of carbonyl (C=O) groups is 1. The average molecular weight is 175 g/mol. The van der Waals surface area contributed by atoms with Gasteiger partial charge in [0.25, 0.3) is 0 Å². The van der Waals surface area contributed by atoms with Crippen molar-refractivity contribution in [1.29, 1.82) is 0 Å². The summed E-state index contributed by atoms with van der Waals surface area (Å²) in [7, 11) is 0. The van der Waals surface area contributed by atoms with Crippen molar-refractivity contribution in [2.45, 2.75) is 25.9 Å². The van der Waals surface area contributed by atoms with Crippen LogP contribution in [0, 0.1) is 0 Å². The highest BCUT2D eigenvalue weighted by Gasteiger charge is 2.12. The summed E-state index contributed by atoms with van der Waals surface area (Å²) in [6, 6.07) is 0. The summed E-state index contributed by atoms with van der Waals surface area (Å²) >= 11 is 0. The second-order valence-electron chi connectivity index (χ2n) is 2.40. The van der Waals surface area contributed by atoms with E-state index in [9.17, 15) is 0 Å². The molecule has 0 bridgehead atoms. The van der Waals surface area contributed by atoms with E-state index in [0.29, 0.717) is 6.10 Å². The molecular formula is C8H17NO3. The minimum atomic E-state index is 0.250. The van der Waals surface area contributed by atoms with Gasteiger partial charge >= 0.3 is 0 Å². The van der Waals surface area contributed by atoms with Crippen LogP contribution in [-0.2, 0) is 14.3 Å². The van der Waals surface area contributed by atoms with Gasteiger partial charge in [-0.1, -0.05) is 0 Å². The molecule has 0 aliphatic carbocycles. The van der Waals surface area contributed by atoms with E-state index in [4.69, 9.17) is 14.3 Å². The van der Waals surface area contributed by atoms with Gasteiger partial charge in [-0.15, -0.1) is 0 Å².